The fraction of sp³-hybridized carbons (Fsp3) is 0.200. The van der Waals surface area contributed by atoms with Crippen LogP contribution < -0.4 is 4.74 Å². The SMILES string of the molecule is Clc1ccc(C23Oc4ccc5ccccc5c4CC2C3(Br)Br)cc1. The van der Waals surface area contributed by atoms with Gasteiger partial charge in [-0.25, -0.2) is 0 Å². The summed E-state index contributed by atoms with van der Waals surface area (Å²) in [5, 5.41) is 3.28. The average Bonchev–Trinajstić information content (AvgIpc) is 3.09. The summed E-state index contributed by atoms with van der Waals surface area (Å²) in [5.41, 5.74) is 2.04. The number of hydrogen-bond acceptors (Lipinski definition) is 1. The summed E-state index contributed by atoms with van der Waals surface area (Å²) >= 11 is 13.8. The highest BCUT2D eigenvalue weighted by molar-refractivity contribution is 9.25. The van der Waals surface area contributed by atoms with E-state index in [1.165, 1.54) is 16.3 Å². The maximum atomic E-state index is 6.61. The lowest BCUT2D eigenvalue weighted by molar-refractivity contribution is 0.146. The van der Waals surface area contributed by atoms with E-state index in [0.29, 0.717) is 5.92 Å². The zero-order valence-corrected chi connectivity index (χ0v) is 16.5. The molecule has 0 radical (unpaired) electrons. The molecule has 2 aliphatic rings. The van der Waals surface area contributed by atoms with Crippen LogP contribution in [0.5, 0.6) is 5.75 Å². The quantitative estimate of drug-likeness (QED) is 0.377. The first-order valence-electron chi connectivity index (χ1n) is 7.87. The van der Waals surface area contributed by atoms with Gasteiger partial charge in [0.05, 0.1) is 0 Å². The van der Waals surface area contributed by atoms with Crippen molar-refractivity contribution in [1.29, 1.82) is 0 Å². The molecule has 24 heavy (non-hydrogen) atoms. The van der Waals surface area contributed by atoms with Crippen molar-refractivity contribution >= 4 is 54.2 Å². The van der Waals surface area contributed by atoms with Crippen LogP contribution in [0, 0.1) is 5.92 Å². The van der Waals surface area contributed by atoms with Crippen LogP contribution in [0.15, 0.2) is 60.7 Å². The van der Waals surface area contributed by atoms with E-state index in [0.717, 1.165) is 22.8 Å². The Bertz CT molecular complexity index is 967. The molecule has 3 aromatic rings. The Balaban J connectivity index is 1.68. The number of fused-ring (bicyclic) bond motifs is 4. The summed E-state index contributed by atoms with van der Waals surface area (Å²) in [5.74, 6) is 1.30. The summed E-state index contributed by atoms with van der Waals surface area (Å²) < 4.78 is 6.34. The number of alkyl halides is 2. The van der Waals surface area contributed by atoms with Gasteiger partial charge in [0.25, 0.3) is 0 Å². The molecule has 4 heteroatoms. The lowest BCUT2D eigenvalue weighted by Gasteiger charge is -2.28. The molecule has 1 heterocycles. The Labute approximate surface area is 162 Å². The van der Waals surface area contributed by atoms with E-state index < -0.39 is 5.60 Å². The van der Waals surface area contributed by atoms with Crippen molar-refractivity contribution in [2.45, 2.75) is 15.3 Å². The predicted molar refractivity (Wildman–Crippen MR) is 105 cm³/mol. The Morgan fingerprint density at radius 2 is 1.71 bits per heavy atom. The van der Waals surface area contributed by atoms with Crippen LogP contribution in [0.3, 0.4) is 0 Å². The van der Waals surface area contributed by atoms with Crippen molar-refractivity contribution < 1.29 is 4.74 Å². The molecular weight excluding hydrogens is 451 g/mol. The van der Waals surface area contributed by atoms with Gasteiger partial charge in [0.15, 0.2) is 5.60 Å². The molecule has 5 rings (SSSR count). The molecular formula is C20H13Br2ClO. The molecule has 2 unspecified atom stereocenters. The van der Waals surface area contributed by atoms with Crippen molar-refractivity contribution in [3.63, 3.8) is 0 Å². The lowest BCUT2D eigenvalue weighted by atomic mass is 9.93. The molecule has 0 aromatic heterocycles. The summed E-state index contributed by atoms with van der Waals surface area (Å²) in [6, 6.07) is 20.7. The number of rotatable bonds is 1. The summed E-state index contributed by atoms with van der Waals surface area (Å²) in [4.78, 5) is 0. The third kappa shape index (κ3) is 1.86. The molecule has 0 spiro atoms. The van der Waals surface area contributed by atoms with Crippen LogP contribution in [0.1, 0.15) is 11.1 Å². The molecule has 0 amide bonds. The van der Waals surface area contributed by atoms with Crippen molar-refractivity contribution in [1.82, 2.24) is 0 Å². The molecule has 0 N–H and O–H groups in total. The average molecular weight is 465 g/mol. The number of benzene rings is 3. The van der Waals surface area contributed by atoms with Crippen LogP contribution in [0.4, 0.5) is 0 Å². The van der Waals surface area contributed by atoms with Crippen LogP contribution in [0.2, 0.25) is 5.02 Å². The van der Waals surface area contributed by atoms with Gasteiger partial charge in [-0.05, 0) is 41.0 Å². The van der Waals surface area contributed by atoms with Crippen molar-refractivity contribution in [2.75, 3.05) is 0 Å². The fourth-order valence-corrected chi connectivity index (χ4v) is 6.05. The van der Waals surface area contributed by atoms with Gasteiger partial charge in [0.1, 0.15) is 8.98 Å². The number of hydrogen-bond donors (Lipinski definition) is 0. The molecule has 0 saturated heterocycles. The Morgan fingerprint density at radius 3 is 2.50 bits per heavy atom. The Morgan fingerprint density at radius 1 is 0.958 bits per heavy atom. The van der Waals surface area contributed by atoms with Crippen molar-refractivity contribution in [2.24, 2.45) is 5.92 Å². The van der Waals surface area contributed by atoms with E-state index in [4.69, 9.17) is 16.3 Å². The van der Waals surface area contributed by atoms with Gasteiger partial charge in [-0.1, -0.05) is 85.9 Å². The van der Waals surface area contributed by atoms with Crippen LogP contribution in [-0.4, -0.2) is 3.23 Å². The van der Waals surface area contributed by atoms with E-state index in [1.54, 1.807) is 0 Å². The molecule has 1 fully saturated rings. The van der Waals surface area contributed by atoms with Crippen LogP contribution in [0.25, 0.3) is 10.8 Å². The van der Waals surface area contributed by atoms with E-state index in [-0.39, 0.29) is 3.23 Å². The first kappa shape index (κ1) is 15.2. The van der Waals surface area contributed by atoms with Crippen molar-refractivity contribution in [3.05, 3.63) is 76.8 Å². The van der Waals surface area contributed by atoms with Gasteiger partial charge < -0.3 is 4.74 Å². The third-order valence-electron chi connectivity index (χ3n) is 5.29. The normalized spacial score (nSPS) is 26.4. The number of halogens is 3. The second-order valence-corrected chi connectivity index (χ2v) is 10.5. The fourth-order valence-electron chi connectivity index (χ4n) is 4.01. The largest absolute Gasteiger partial charge is 0.479 e. The summed E-state index contributed by atoms with van der Waals surface area (Å²) in [6.45, 7) is 0. The first-order chi connectivity index (χ1) is 11.5. The highest BCUT2D eigenvalue weighted by Crippen LogP contribution is 2.75. The molecule has 1 aliphatic carbocycles. The first-order valence-corrected chi connectivity index (χ1v) is 9.84. The van der Waals surface area contributed by atoms with Gasteiger partial charge in [0, 0.05) is 16.5 Å². The molecule has 1 aliphatic heterocycles. The molecule has 0 bridgehead atoms. The Hall–Kier alpha value is -1.03. The molecule has 120 valence electrons. The standard InChI is InChI=1S/C20H13Br2ClO/c21-20(22)18-11-16-15-4-2-1-3-12(15)5-10-17(16)24-19(18,20)13-6-8-14(23)9-7-13/h1-10,18H,11H2. The van der Waals surface area contributed by atoms with E-state index in [1.807, 2.05) is 12.1 Å². The van der Waals surface area contributed by atoms with E-state index in [2.05, 4.69) is 80.4 Å². The van der Waals surface area contributed by atoms with E-state index in [9.17, 15) is 0 Å². The third-order valence-corrected chi connectivity index (χ3v) is 7.83. The zero-order valence-electron chi connectivity index (χ0n) is 12.6. The minimum absolute atomic E-state index is 0.263. The second-order valence-electron chi connectivity index (χ2n) is 6.49. The topological polar surface area (TPSA) is 9.23 Å². The van der Waals surface area contributed by atoms with Crippen LogP contribution in [-0.2, 0) is 12.0 Å². The van der Waals surface area contributed by atoms with Crippen LogP contribution >= 0.6 is 43.5 Å². The summed E-state index contributed by atoms with van der Waals surface area (Å²) in [6.07, 6.45) is 0.968. The molecule has 1 nitrogen and oxygen atoms in total. The molecule has 1 saturated carbocycles. The second kappa shape index (κ2) is 5.00. The summed E-state index contributed by atoms with van der Waals surface area (Å²) in [7, 11) is 0. The highest BCUT2D eigenvalue weighted by Gasteiger charge is 2.79. The zero-order chi connectivity index (χ0) is 16.5. The Kier molecular flexibility index (Phi) is 3.17. The minimum atomic E-state index is -0.396. The smallest absolute Gasteiger partial charge is 0.165 e. The van der Waals surface area contributed by atoms with Gasteiger partial charge >= 0.3 is 0 Å². The lowest BCUT2D eigenvalue weighted by Crippen LogP contribution is -2.26. The van der Waals surface area contributed by atoms with Gasteiger partial charge in [-0.3, -0.25) is 0 Å². The number of ether oxygens (including phenoxy) is 1. The monoisotopic (exact) mass is 462 g/mol. The van der Waals surface area contributed by atoms with Gasteiger partial charge in [-0.15, -0.1) is 0 Å². The van der Waals surface area contributed by atoms with Crippen molar-refractivity contribution in [3.8, 4) is 5.75 Å². The molecule has 2 atom stereocenters. The molecule has 3 aromatic carbocycles. The highest BCUT2D eigenvalue weighted by atomic mass is 79.9. The maximum Gasteiger partial charge on any atom is 0.165 e. The predicted octanol–water partition coefficient (Wildman–Crippen LogP) is 6.44. The van der Waals surface area contributed by atoms with Gasteiger partial charge in [-0.2, -0.15) is 0 Å². The maximum absolute atomic E-state index is 6.61. The minimum Gasteiger partial charge on any atom is -0.479 e. The van der Waals surface area contributed by atoms with E-state index >= 15 is 0 Å². The van der Waals surface area contributed by atoms with Gasteiger partial charge in [0.2, 0.25) is 0 Å².